The Bertz CT molecular complexity index is 1220. The molecule has 1 fully saturated rings. The summed E-state index contributed by atoms with van der Waals surface area (Å²) < 4.78 is 15.1. The van der Waals surface area contributed by atoms with E-state index in [9.17, 15) is 14.0 Å². The average Bonchev–Trinajstić information content (AvgIpc) is 3.46. The van der Waals surface area contributed by atoms with Crippen LogP contribution in [0.1, 0.15) is 58.6 Å². The van der Waals surface area contributed by atoms with Crippen molar-refractivity contribution in [2.45, 2.75) is 45.2 Å². The molecule has 0 bridgehead atoms. The molecular formula is C24H25FN6O2. The Kier molecular flexibility index (Phi) is 5.39. The molecule has 5 rings (SSSR count). The highest BCUT2D eigenvalue weighted by molar-refractivity contribution is 5.95. The summed E-state index contributed by atoms with van der Waals surface area (Å²) in [5.41, 5.74) is 2.59. The Balaban J connectivity index is 1.50. The van der Waals surface area contributed by atoms with Gasteiger partial charge < -0.3 is 9.47 Å². The van der Waals surface area contributed by atoms with Crippen LogP contribution in [0.3, 0.4) is 0 Å². The first-order valence-corrected chi connectivity index (χ1v) is 11.1. The zero-order valence-corrected chi connectivity index (χ0v) is 18.7. The predicted molar refractivity (Wildman–Crippen MR) is 119 cm³/mol. The SMILES string of the molecule is Cc1nc([C@@H]2CCCN2C(=O)c2nccn2C)nc2c1CCC(=O)N2Cc1ccc(F)cc1. The molecule has 3 aromatic rings. The number of benzene rings is 1. The number of rotatable bonds is 4. The van der Waals surface area contributed by atoms with E-state index in [1.165, 1.54) is 12.1 Å². The summed E-state index contributed by atoms with van der Waals surface area (Å²) in [6, 6.07) is 5.86. The van der Waals surface area contributed by atoms with Crippen LogP contribution in [0.25, 0.3) is 0 Å². The molecule has 33 heavy (non-hydrogen) atoms. The molecule has 170 valence electrons. The molecule has 2 amide bonds. The van der Waals surface area contributed by atoms with Gasteiger partial charge in [-0.3, -0.25) is 14.5 Å². The second-order valence-electron chi connectivity index (χ2n) is 8.59. The van der Waals surface area contributed by atoms with Gasteiger partial charge >= 0.3 is 0 Å². The van der Waals surface area contributed by atoms with E-state index < -0.39 is 0 Å². The third-order valence-corrected chi connectivity index (χ3v) is 6.43. The molecule has 0 radical (unpaired) electrons. The van der Waals surface area contributed by atoms with Crippen LogP contribution in [0.5, 0.6) is 0 Å². The number of aryl methyl sites for hydroxylation is 2. The van der Waals surface area contributed by atoms with Gasteiger partial charge in [0.05, 0.1) is 12.6 Å². The number of halogens is 1. The van der Waals surface area contributed by atoms with Crippen molar-refractivity contribution in [2.24, 2.45) is 7.05 Å². The molecule has 2 aliphatic heterocycles. The molecule has 4 heterocycles. The van der Waals surface area contributed by atoms with E-state index in [-0.39, 0.29) is 23.7 Å². The van der Waals surface area contributed by atoms with Crippen molar-refractivity contribution in [1.29, 1.82) is 0 Å². The number of nitrogens with zero attached hydrogens (tertiary/aromatic N) is 6. The van der Waals surface area contributed by atoms with Crippen molar-refractivity contribution in [3.05, 3.63) is 70.9 Å². The molecule has 9 heteroatoms. The van der Waals surface area contributed by atoms with E-state index in [1.54, 1.807) is 45.9 Å². The number of hydrogen-bond donors (Lipinski definition) is 0. The fourth-order valence-corrected chi connectivity index (χ4v) is 4.67. The summed E-state index contributed by atoms with van der Waals surface area (Å²) in [6.45, 7) is 2.84. The molecule has 8 nitrogen and oxygen atoms in total. The summed E-state index contributed by atoms with van der Waals surface area (Å²) in [4.78, 5) is 43.3. The fraction of sp³-hybridized carbons (Fsp3) is 0.375. The Morgan fingerprint density at radius 2 is 1.97 bits per heavy atom. The summed E-state index contributed by atoms with van der Waals surface area (Å²) >= 11 is 0. The van der Waals surface area contributed by atoms with Crippen molar-refractivity contribution in [3.8, 4) is 0 Å². The van der Waals surface area contributed by atoms with E-state index in [0.717, 1.165) is 29.7 Å². The quantitative estimate of drug-likeness (QED) is 0.612. The third-order valence-electron chi connectivity index (χ3n) is 6.43. The van der Waals surface area contributed by atoms with Gasteiger partial charge in [-0.05, 0) is 43.9 Å². The predicted octanol–water partition coefficient (Wildman–Crippen LogP) is 3.11. The molecule has 0 spiro atoms. The number of likely N-dealkylation sites (tertiary alicyclic amines) is 1. The Labute approximate surface area is 191 Å². The van der Waals surface area contributed by atoms with Crippen LogP contribution in [0.4, 0.5) is 10.2 Å². The van der Waals surface area contributed by atoms with Crippen LogP contribution in [-0.4, -0.2) is 42.8 Å². The minimum absolute atomic E-state index is 0.0248. The van der Waals surface area contributed by atoms with Gasteiger partial charge in [-0.2, -0.15) is 0 Å². The van der Waals surface area contributed by atoms with Gasteiger partial charge in [0.1, 0.15) is 11.6 Å². The maximum absolute atomic E-state index is 13.3. The number of aromatic nitrogens is 4. The van der Waals surface area contributed by atoms with Crippen molar-refractivity contribution in [2.75, 3.05) is 11.4 Å². The lowest BCUT2D eigenvalue weighted by Gasteiger charge is -2.31. The molecule has 1 saturated heterocycles. The van der Waals surface area contributed by atoms with Gasteiger partial charge in [-0.15, -0.1) is 0 Å². The number of fused-ring (bicyclic) bond motifs is 1. The first kappa shape index (κ1) is 21.2. The number of amides is 2. The second kappa shape index (κ2) is 8.38. The first-order chi connectivity index (χ1) is 15.9. The van der Waals surface area contributed by atoms with Crippen molar-refractivity contribution < 1.29 is 14.0 Å². The van der Waals surface area contributed by atoms with Crippen LogP contribution in [0.15, 0.2) is 36.7 Å². The molecule has 0 aliphatic carbocycles. The van der Waals surface area contributed by atoms with Gasteiger partial charge in [-0.1, -0.05) is 12.1 Å². The number of anilines is 1. The Morgan fingerprint density at radius 1 is 1.18 bits per heavy atom. The van der Waals surface area contributed by atoms with E-state index in [1.807, 2.05) is 6.92 Å². The summed E-state index contributed by atoms with van der Waals surface area (Å²) in [7, 11) is 1.80. The first-order valence-electron chi connectivity index (χ1n) is 11.1. The fourth-order valence-electron chi connectivity index (χ4n) is 4.67. The summed E-state index contributed by atoms with van der Waals surface area (Å²) in [5.74, 6) is 1.03. The highest BCUT2D eigenvalue weighted by Gasteiger charge is 2.36. The third kappa shape index (κ3) is 3.88. The standard InChI is InChI=1S/C24H25FN6O2/c1-15-18-9-10-20(32)31(14-16-5-7-17(25)8-6-16)22(18)28-21(27-15)19-4-3-12-30(19)24(33)23-26-11-13-29(23)2/h5-8,11,13,19H,3-4,9-10,12,14H2,1-2H3/t19-/m0/s1. The summed E-state index contributed by atoms with van der Waals surface area (Å²) in [5, 5.41) is 0. The van der Waals surface area contributed by atoms with Crippen LogP contribution in [0.2, 0.25) is 0 Å². The Hall–Kier alpha value is -3.62. The maximum Gasteiger partial charge on any atom is 0.290 e. The molecule has 2 aliphatic rings. The van der Waals surface area contributed by atoms with Crippen LogP contribution in [0, 0.1) is 12.7 Å². The van der Waals surface area contributed by atoms with Crippen molar-refractivity contribution in [1.82, 2.24) is 24.4 Å². The van der Waals surface area contributed by atoms with Crippen LogP contribution in [-0.2, 0) is 24.8 Å². The lowest BCUT2D eigenvalue weighted by molar-refractivity contribution is -0.119. The highest BCUT2D eigenvalue weighted by Crippen LogP contribution is 2.35. The zero-order chi connectivity index (χ0) is 23.1. The number of carbonyl (C=O) groups excluding carboxylic acids is 2. The van der Waals surface area contributed by atoms with Crippen LogP contribution >= 0.6 is 0 Å². The number of carbonyl (C=O) groups is 2. The lowest BCUT2D eigenvalue weighted by Crippen LogP contribution is -2.37. The molecular weight excluding hydrogens is 423 g/mol. The van der Waals surface area contributed by atoms with Gasteiger partial charge in [0.15, 0.2) is 11.6 Å². The average molecular weight is 449 g/mol. The number of hydrogen-bond acceptors (Lipinski definition) is 5. The molecule has 0 unspecified atom stereocenters. The number of imidazole rings is 1. The highest BCUT2D eigenvalue weighted by atomic mass is 19.1. The minimum Gasteiger partial charge on any atom is -0.330 e. The molecule has 1 atom stereocenters. The van der Waals surface area contributed by atoms with E-state index in [4.69, 9.17) is 9.97 Å². The molecule has 0 saturated carbocycles. The normalized spacial score (nSPS) is 18.0. The summed E-state index contributed by atoms with van der Waals surface area (Å²) in [6.07, 6.45) is 5.91. The smallest absolute Gasteiger partial charge is 0.290 e. The lowest BCUT2D eigenvalue weighted by atomic mass is 10.0. The van der Waals surface area contributed by atoms with Crippen molar-refractivity contribution >= 4 is 17.6 Å². The van der Waals surface area contributed by atoms with Crippen molar-refractivity contribution in [3.63, 3.8) is 0 Å². The van der Waals surface area contributed by atoms with E-state index >= 15 is 0 Å². The van der Waals surface area contributed by atoms with Gasteiger partial charge in [-0.25, -0.2) is 19.3 Å². The molecule has 0 N–H and O–H groups in total. The second-order valence-corrected chi connectivity index (χ2v) is 8.59. The molecule has 1 aromatic carbocycles. The minimum atomic E-state index is -0.316. The Morgan fingerprint density at radius 3 is 2.70 bits per heavy atom. The largest absolute Gasteiger partial charge is 0.330 e. The monoisotopic (exact) mass is 448 g/mol. The van der Waals surface area contributed by atoms with E-state index in [0.29, 0.717) is 43.4 Å². The van der Waals surface area contributed by atoms with Gasteiger partial charge in [0.25, 0.3) is 5.91 Å². The topological polar surface area (TPSA) is 84.2 Å². The van der Waals surface area contributed by atoms with E-state index in [2.05, 4.69) is 4.98 Å². The zero-order valence-electron chi connectivity index (χ0n) is 18.7. The molecule has 2 aromatic heterocycles. The van der Waals surface area contributed by atoms with Gasteiger partial charge in [0, 0.05) is 43.7 Å². The maximum atomic E-state index is 13.3. The van der Waals surface area contributed by atoms with Gasteiger partial charge in [0.2, 0.25) is 5.91 Å². The van der Waals surface area contributed by atoms with Crippen LogP contribution < -0.4 is 4.90 Å².